The van der Waals surface area contributed by atoms with E-state index in [1.807, 2.05) is 29.5 Å². The molecule has 13 nitrogen and oxygen atoms in total. The van der Waals surface area contributed by atoms with Gasteiger partial charge in [-0.05, 0) is 37.6 Å². The zero-order chi connectivity index (χ0) is 30.8. The van der Waals surface area contributed by atoms with Crippen molar-refractivity contribution in [3.05, 3.63) is 68.4 Å². The summed E-state index contributed by atoms with van der Waals surface area (Å²) in [6.07, 6.45) is 3.62. The summed E-state index contributed by atoms with van der Waals surface area (Å²) in [6.45, 7) is 5.03. The normalized spacial score (nSPS) is 17.0. The molecule has 3 heterocycles. The number of nitrogens with one attached hydrogen (secondary N) is 2. The van der Waals surface area contributed by atoms with E-state index < -0.39 is 22.0 Å². The first kappa shape index (κ1) is 30.9. The van der Waals surface area contributed by atoms with Crippen LogP contribution in [-0.2, 0) is 21.8 Å². The van der Waals surface area contributed by atoms with Gasteiger partial charge in [-0.3, -0.25) is 19.1 Å². The minimum atomic E-state index is -3.84. The lowest BCUT2D eigenvalue weighted by Crippen LogP contribution is -2.46. The summed E-state index contributed by atoms with van der Waals surface area (Å²) in [4.78, 5) is 41.4. The minimum Gasteiger partial charge on any atom is -0.404 e. The molecule has 1 saturated heterocycles. The van der Waals surface area contributed by atoms with Gasteiger partial charge in [0.25, 0.3) is 11.5 Å². The number of aliphatic imine (C=N–C) groups is 1. The number of halogens is 1. The summed E-state index contributed by atoms with van der Waals surface area (Å²) in [5.41, 5.74) is 8.37. The molecule has 42 heavy (non-hydrogen) atoms. The van der Waals surface area contributed by atoms with E-state index in [9.17, 15) is 18.0 Å². The van der Waals surface area contributed by atoms with Crippen LogP contribution in [0.1, 0.15) is 34.6 Å². The Morgan fingerprint density at radius 2 is 2.05 bits per heavy atom. The van der Waals surface area contributed by atoms with Crippen LogP contribution in [0.15, 0.2) is 45.8 Å². The van der Waals surface area contributed by atoms with Crippen molar-refractivity contribution in [2.24, 2.45) is 17.8 Å². The van der Waals surface area contributed by atoms with E-state index in [0.29, 0.717) is 42.1 Å². The number of benzene rings is 1. The summed E-state index contributed by atoms with van der Waals surface area (Å²) in [7, 11) is -0.514. The highest BCUT2D eigenvalue weighted by Crippen LogP contribution is 2.29. The first-order valence-corrected chi connectivity index (χ1v) is 15.3. The van der Waals surface area contributed by atoms with Gasteiger partial charge in [-0.25, -0.2) is 23.1 Å². The third-order valence-corrected chi connectivity index (χ3v) is 7.48. The van der Waals surface area contributed by atoms with Crippen LogP contribution in [-0.4, -0.2) is 74.2 Å². The Bertz CT molecular complexity index is 1760. The van der Waals surface area contributed by atoms with E-state index in [1.54, 1.807) is 26.4 Å². The predicted octanol–water partition coefficient (Wildman–Crippen LogP) is 1.90. The van der Waals surface area contributed by atoms with Crippen molar-refractivity contribution in [1.29, 1.82) is 0 Å². The fourth-order valence-corrected chi connectivity index (χ4v) is 5.40. The van der Waals surface area contributed by atoms with E-state index in [-0.39, 0.29) is 28.2 Å². The molecule has 0 unspecified atom stereocenters. The average Bonchev–Trinajstić information content (AvgIpc) is 2.93. The molecule has 4 rings (SSSR count). The summed E-state index contributed by atoms with van der Waals surface area (Å²) in [6, 6.07) is 6.22. The standard InChI is InChI=1S/C27H33ClN8O5S/c1-15-10-18(16(2)31-20-6-7-22(28)32-24(20)25(37)34-42(5,39)40)23-19(11-15)26(38)35(4)27(33-23)36-8-9-41-21(14-36)17(12-29)13-30-3/h6-7,10-13,16,21,31H,8-9,14,29H2,1-5H3,(H,34,37)/b17-12+,30-13?/t16-,21+/m1/s1. The highest BCUT2D eigenvalue weighted by Gasteiger charge is 2.27. The van der Waals surface area contributed by atoms with Crippen LogP contribution < -0.4 is 26.2 Å². The number of amides is 1. The second-order valence-corrected chi connectivity index (χ2v) is 12.1. The molecular weight excluding hydrogens is 584 g/mol. The molecule has 0 saturated carbocycles. The van der Waals surface area contributed by atoms with E-state index in [4.69, 9.17) is 27.1 Å². The van der Waals surface area contributed by atoms with Crippen molar-refractivity contribution in [1.82, 2.24) is 19.3 Å². The molecule has 2 atom stereocenters. The lowest BCUT2D eigenvalue weighted by atomic mass is 10.0. The average molecular weight is 617 g/mol. The second kappa shape index (κ2) is 12.5. The fourth-order valence-electron chi connectivity index (χ4n) is 4.82. The fraction of sp³-hybridized carbons (Fsp3) is 0.370. The van der Waals surface area contributed by atoms with Crippen LogP contribution in [0.3, 0.4) is 0 Å². The van der Waals surface area contributed by atoms with Crippen molar-refractivity contribution >= 4 is 56.3 Å². The number of carbonyl (C=O) groups excluding carboxylic acids is 1. The van der Waals surface area contributed by atoms with Gasteiger partial charge in [-0.2, -0.15) is 0 Å². The number of aryl methyl sites for hydroxylation is 1. The number of hydrogen-bond acceptors (Lipinski definition) is 11. The maximum absolute atomic E-state index is 13.6. The molecule has 0 radical (unpaired) electrons. The largest absolute Gasteiger partial charge is 0.404 e. The van der Waals surface area contributed by atoms with Gasteiger partial charge in [0.05, 0.1) is 42.0 Å². The van der Waals surface area contributed by atoms with Crippen LogP contribution >= 0.6 is 11.6 Å². The molecular formula is C27H33ClN8O5S. The number of fused-ring (bicyclic) bond motifs is 1. The number of anilines is 2. The minimum absolute atomic E-state index is 0.0179. The molecule has 1 aliphatic rings. The summed E-state index contributed by atoms with van der Waals surface area (Å²) in [5, 5.41) is 3.67. The van der Waals surface area contributed by atoms with Crippen LogP contribution in [0.5, 0.6) is 0 Å². The van der Waals surface area contributed by atoms with Crippen molar-refractivity contribution in [3.8, 4) is 0 Å². The molecule has 3 aromatic rings. The molecule has 224 valence electrons. The van der Waals surface area contributed by atoms with E-state index in [1.165, 1.54) is 22.9 Å². The molecule has 1 aromatic carbocycles. The third-order valence-electron chi connectivity index (χ3n) is 6.72. The first-order valence-electron chi connectivity index (χ1n) is 13.0. The number of hydrogen-bond donors (Lipinski definition) is 3. The van der Waals surface area contributed by atoms with Gasteiger partial charge in [0.15, 0.2) is 5.69 Å². The monoisotopic (exact) mass is 616 g/mol. The topological polar surface area (TPSA) is 174 Å². The van der Waals surface area contributed by atoms with Gasteiger partial charge in [-0.15, -0.1) is 0 Å². The van der Waals surface area contributed by atoms with Crippen molar-refractivity contribution in [3.63, 3.8) is 0 Å². The molecule has 4 N–H and O–H groups in total. The maximum Gasteiger partial charge on any atom is 0.285 e. The summed E-state index contributed by atoms with van der Waals surface area (Å²) >= 11 is 6.02. The lowest BCUT2D eigenvalue weighted by molar-refractivity contribution is 0.0671. The quantitative estimate of drug-likeness (QED) is 0.250. The lowest BCUT2D eigenvalue weighted by Gasteiger charge is -2.34. The predicted molar refractivity (Wildman–Crippen MR) is 164 cm³/mol. The molecule has 0 bridgehead atoms. The number of nitrogens with two attached hydrogens (primary N) is 1. The molecule has 0 aliphatic carbocycles. The van der Waals surface area contributed by atoms with E-state index >= 15 is 0 Å². The van der Waals surface area contributed by atoms with Gasteiger partial charge >= 0.3 is 0 Å². The van der Waals surface area contributed by atoms with Gasteiger partial charge in [0.2, 0.25) is 16.0 Å². The van der Waals surface area contributed by atoms with Crippen molar-refractivity contribution in [2.75, 3.05) is 43.2 Å². The molecule has 0 spiro atoms. The van der Waals surface area contributed by atoms with Gasteiger partial charge in [0.1, 0.15) is 11.3 Å². The molecule has 1 aliphatic heterocycles. The number of rotatable bonds is 8. The zero-order valence-corrected chi connectivity index (χ0v) is 25.5. The van der Waals surface area contributed by atoms with Gasteiger partial charge < -0.3 is 20.7 Å². The van der Waals surface area contributed by atoms with E-state index in [0.717, 1.165) is 17.4 Å². The maximum atomic E-state index is 13.6. The highest BCUT2D eigenvalue weighted by molar-refractivity contribution is 7.89. The number of morpholine rings is 1. The van der Waals surface area contributed by atoms with Gasteiger partial charge in [-0.1, -0.05) is 17.7 Å². The molecule has 2 aromatic heterocycles. The van der Waals surface area contributed by atoms with Crippen LogP contribution in [0, 0.1) is 6.92 Å². The first-order chi connectivity index (χ1) is 19.8. The Morgan fingerprint density at radius 3 is 2.71 bits per heavy atom. The summed E-state index contributed by atoms with van der Waals surface area (Å²) < 4.78 is 32.7. The van der Waals surface area contributed by atoms with Crippen LogP contribution in [0.4, 0.5) is 11.6 Å². The molecule has 1 fully saturated rings. The third kappa shape index (κ3) is 6.72. The number of pyridine rings is 1. The van der Waals surface area contributed by atoms with Crippen LogP contribution in [0.25, 0.3) is 10.9 Å². The Kier molecular flexibility index (Phi) is 9.18. The SMILES string of the molecule is CN=C/C(=C\N)[C@@H]1CN(c2nc3c([C@@H](C)Nc4ccc(Cl)nc4C(=O)NS(C)(=O)=O)cc(C)cc3c(=O)n2C)CCO1. The van der Waals surface area contributed by atoms with Crippen molar-refractivity contribution in [2.45, 2.75) is 26.0 Å². The van der Waals surface area contributed by atoms with Crippen molar-refractivity contribution < 1.29 is 17.9 Å². The Labute approximate surface area is 248 Å². The number of sulfonamides is 1. The van der Waals surface area contributed by atoms with Gasteiger partial charge in [0, 0.05) is 44.2 Å². The molecule has 15 heteroatoms. The number of aromatic nitrogens is 3. The van der Waals surface area contributed by atoms with Crippen LogP contribution in [0.2, 0.25) is 5.15 Å². The Balaban J connectivity index is 1.77. The molecule has 1 amide bonds. The summed E-state index contributed by atoms with van der Waals surface area (Å²) in [5.74, 6) is -0.469. The number of ether oxygens (including phenoxy) is 1. The smallest absolute Gasteiger partial charge is 0.285 e. The Hall–Kier alpha value is -4.01. The second-order valence-electron chi connectivity index (χ2n) is 9.99. The Morgan fingerprint density at radius 1 is 1.31 bits per heavy atom. The number of nitrogens with zero attached hydrogens (tertiary/aromatic N) is 5. The van der Waals surface area contributed by atoms with E-state index in [2.05, 4.69) is 15.3 Å². The highest BCUT2D eigenvalue weighted by atomic mass is 35.5. The number of carbonyl (C=O) groups is 1. The zero-order valence-electron chi connectivity index (χ0n) is 23.9.